The average Bonchev–Trinajstić information content (AvgIpc) is 3.48. The highest BCUT2D eigenvalue weighted by molar-refractivity contribution is 5.77. The molecule has 34 heavy (non-hydrogen) atoms. The summed E-state index contributed by atoms with van der Waals surface area (Å²) >= 11 is 0. The standard InChI is InChI=1S/C26H28N8/c1-18-7-6-10-22(30-18)26-25(20-11-12-24-28-17-29-34(24)16-20)31-23(32-26)15-27-21-9-5-4-8-19(21)13-14-33(2)3/h4-12,16-17,27H,13-15H2,1-3H3,(H,31,32). The Labute approximate surface area is 198 Å². The Hall–Kier alpha value is -4.04. The molecular weight excluding hydrogens is 424 g/mol. The normalized spacial score (nSPS) is 11.4. The van der Waals surface area contributed by atoms with Gasteiger partial charge >= 0.3 is 0 Å². The summed E-state index contributed by atoms with van der Waals surface area (Å²) in [4.78, 5) is 19.7. The van der Waals surface area contributed by atoms with Gasteiger partial charge in [0, 0.05) is 29.7 Å². The molecule has 4 aromatic heterocycles. The third-order valence-electron chi connectivity index (χ3n) is 5.74. The fraction of sp³-hybridized carbons (Fsp3) is 0.231. The van der Waals surface area contributed by atoms with Crippen LogP contribution in [0.15, 0.2) is 67.1 Å². The number of anilines is 1. The molecule has 0 saturated heterocycles. The van der Waals surface area contributed by atoms with E-state index in [-0.39, 0.29) is 0 Å². The molecule has 1 aromatic carbocycles. The molecule has 4 heterocycles. The monoisotopic (exact) mass is 452 g/mol. The van der Waals surface area contributed by atoms with Crippen LogP contribution in [-0.4, -0.2) is 55.1 Å². The minimum atomic E-state index is 0.573. The molecule has 8 nitrogen and oxygen atoms in total. The van der Waals surface area contributed by atoms with Crippen molar-refractivity contribution < 1.29 is 0 Å². The lowest BCUT2D eigenvalue weighted by Gasteiger charge is -2.14. The number of aromatic amines is 1. The number of nitrogens with one attached hydrogen (secondary N) is 2. The molecule has 0 bridgehead atoms. The van der Waals surface area contributed by atoms with Crippen LogP contribution in [0.5, 0.6) is 0 Å². The largest absolute Gasteiger partial charge is 0.378 e. The molecule has 0 spiro atoms. The Bertz CT molecular complexity index is 1420. The van der Waals surface area contributed by atoms with Crippen LogP contribution in [0.4, 0.5) is 5.69 Å². The van der Waals surface area contributed by atoms with Crippen molar-refractivity contribution in [2.75, 3.05) is 26.0 Å². The number of fused-ring (bicyclic) bond motifs is 1. The number of nitrogens with zero attached hydrogens (tertiary/aromatic N) is 6. The lowest BCUT2D eigenvalue weighted by atomic mass is 10.1. The van der Waals surface area contributed by atoms with Gasteiger partial charge in [-0.2, -0.15) is 5.10 Å². The summed E-state index contributed by atoms with van der Waals surface area (Å²) in [5.74, 6) is 0.842. The van der Waals surface area contributed by atoms with Crippen molar-refractivity contribution in [1.29, 1.82) is 0 Å². The van der Waals surface area contributed by atoms with Crippen LogP contribution >= 0.6 is 0 Å². The number of H-pyrrole nitrogens is 1. The molecule has 0 saturated carbocycles. The van der Waals surface area contributed by atoms with E-state index in [4.69, 9.17) is 9.97 Å². The lowest BCUT2D eigenvalue weighted by molar-refractivity contribution is 0.414. The zero-order valence-corrected chi connectivity index (χ0v) is 19.7. The van der Waals surface area contributed by atoms with Gasteiger partial charge in [-0.1, -0.05) is 24.3 Å². The van der Waals surface area contributed by atoms with Crippen molar-refractivity contribution in [2.24, 2.45) is 0 Å². The molecule has 0 atom stereocenters. The van der Waals surface area contributed by atoms with Crippen molar-refractivity contribution in [3.05, 3.63) is 84.2 Å². The number of para-hydroxylation sites is 1. The number of rotatable bonds is 8. The van der Waals surface area contributed by atoms with Gasteiger partial charge in [0.25, 0.3) is 0 Å². The number of imidazole rings is 1. The number of aromatic nitrogens is 6. The summed E-state index contributed by atoms with van der Waals surface area (Å²) in [6, 6.07) is 18.4. The second-order valence-electron chi connectivity index (χ2n) is 8.62. The van der Waals surface area contributed by atoms with Gasteiger partial charge in [-0.15, -0.1) is 0 Å². The summed E-state index contributed by atoms with van der Waals surface area (Å²) in [5.41, 5.74) is 7.71. The topological polar surface area (TPSA) is 87.0 Å². The molecule has 8 heteroatoms. The molecular formula is C26H28N8. The third-order valence-corrected chi connectivity index (χ3v) is 5.74. The van der Waals surface area contributed by atoms with Crippen LogP contribution in [0.2, 0.25) is 0 Å². The highest BCUT2D eigenvalue weighted by atomic mass is 15.3. The molecule has 0 unspecified atom stereocenters. The predicted molar refractivity (Wildman–Crippen MR) is 135 cm³/mol. The van der Waals surface area contributed by atoms with Crippen molar-refractivity contribution >= 4 is 11.3 Å². The summed E-state index contributed by atoms with van der Waals surface area (Å²) < 4.78 is 1.76. The molecule has 0 fully saturated rings. The fourth-order valence-corrected chi connectivity index (χ4v) is 3.97. The predicted octanol–water partition coefficient (Wildman–Crippen LogP) is 4.21. The number of hydrogen-bond donors (Lipinski definition) is 2. The second kappa shape index (κ2) is 9.44. The quantitative estimate of drug-likeness (QED) is 0.367. The first-order valence-corrected chi connectivity index (χ1v) is 11.4. The molecule has 0 aliphatic heterocycles. The summed E-state index contributed by atoms with van der Waals surface area (Å²) in [6.45, 7) is 3.56. The fourth-order valence-electron chi connectivity index (χ4n) is 3.97. The zero-order valence-electron chi connectivity index (χ0n) is 19.7. The first-order chi connectivity index (χ1) is 16.6. The maximum absolute atomic E-state index is 4.97. The average molecular weight is 453 g/mol. The maximum Gasteiger partial charge on any atom is 0.155 e. The van der Waals surface area contributed by atoms with Gasteiger partial charge in [0.15, 0.2) is 5.65 Å². The van der Waals surface area contributed by atoms with Crippen LogP contribution in [0.3, 0.4) is 0 Å². The van der Waals surface area contributed by atoms with Crippen molar-refractivity contribution in [3.8, 4) is 22.6 Å². The molecule has 2 N–H and O–H groups in total. The van der Waals surface area contributed by atoms with Crippen LogP contribution in [-0.2, 0) is 13.0 Å². The molecule has 0 radical (unpaired) electrons. The third kappa shape index (κ3) is 4.67. The lowest BCUT2D eigenvalue weighted by Crippen LogP contribution is -2.16. The summed E-state index contributed by atoms with van der Waals surface area (Å²) in [6.07, 6.45) is 4.48. The minimum Gasteiger partial charge on any atom is -0.378 e. The van der Waals surface area contributed by atoms with Crippen molar-refractivity contribution in [2.45, 2.75) is 19.9 Å². The molecule has 0 amide bonds. The molecule has 0 aliphatic carbocycles. The summed E-state index contributed by atoms with van der Waals surface area (Å²) in [5, 5.41) is 7.85. The van der Waals surface area contributed by atoms with Gasteiger partial charge in [0.1, 0.15) is 12.2 Å². The Morgan fingerprint density at radius 2 is 1.88 bits per heavy atom. The van der Waals surface area contributed by atoms with Gasteiger partial charge in [0.2, 0.25) is 0 Å². The smallest absolute Gasteiger partial charge is 0.155 e. The van der Waals surface area contributed by atoms with Crippen molar-refractivity contribution in [1.82, 2.24) is 34.4 Å². The number of benzene rings is 1. The van der Waals surface area contributed by atoms with E-state index in [9.17, 15) is 0 Å². The van der Waals surface area contributed by atoms with E-state index >= 15 is 0 Å². The highest BCUT2D eigenvalue weighted by Crippen LogP contribution is 2.30. The van der Waals surface area contributed by atoms with E-state index in [1.807, 2.05) is 43.5 Å². The van der Waals surface area contributed by atoms with Crippen LogP contribution in [0.1, 0.15) is 17.1 Å². The van der Waals surface area contributed by atoms with Crippen molar-refractivity contribution in [3.63, 3.8) is 0 Å². The Balaban J connectivity index is 1.48. The number of pyridine rings is 2. The Kier molecular flexibility index (Phi) is 6.05. The summed E-state index contributed by atoms with van der Waals surface area (Å²) in [7, 11) is 4.19. The zero-order chi connectivity index (χ0) is 23.5. The number of likely N-dealkylation sites (N-methyl/N-ethyl adjacent to an activating group) is 1. The SMILES string of the molecule is Cc1cccc(-c2[nH]c(CNc3ccccc3CCN(C)C)nc2-c2ccc3ncnn3c2)n1. The Morgan fingerprint density at radius 3 is 2.74 bits per heavy atom. The number of hydrogen-bond acceptors (Lipinski definition) is 6. The van der Waals surface area contributed by atoms with Crippen LogP contribution < -0.4 is 5.32 Å². The first kappa shape index (κ1) is 21.8. The van der Waals surface area contributed by atoms with E-state index in [2.05, 4.69) is 63.6 Å². The molecule has 0 aliphatic rings. The van der Waals surface area contributed by atoms with E-state index < -0.39 is 0 Å². The van der Waals surface area contributed by atoms with E-state index in [0.717, 1.165) is 58.5 Å². The van der Waals surface area contributed by atoms with Crippen LogP contribution in [0, 0.1) is 6.92 Å². The Morgan fingerprint density at radius 1 is 1.00 bits per heavy atom. The van der Waals surface area contributed by atoms with E-state index in [1.165, 1.54) is 5.56 Å². The minimum absolute atomic E-state index is 0.573. The van der Waals surface area contributed by atoms with Gasteiger partial charge in [0.05, 0.1) is 23.6 Å². The van der Waals surface area contributed by atoms with Gasteiger partial charge < -0.3 is 15.2 Å². The highest BCUT2D eigenvalue weighted by Gasteiger charge is 2.16. The molecule has 172 valence electrons. The maximum atomic E-state index is 4.97. The first-order valence-electron chi connectivity index (χ1n) is 11.4. The van der Waals surface area contributed by atoms with Gasteiger partial charge in [-0.05, 0) is 63.3 Å². The van der Waals surface area contributed by atoms with Gasteiger partial charge in [-0.25, -0.2) is 14.5 Å². The molecule has 5 aromatic rings. The second-order valence-corrected chi connectivity index (χ2v) is 8.62. The van der Waals surface area contributed by atoms with Gasteiger partial charge in [-0.3, -0.25) is 4.98 Å². The van der Waals surface area contributed by atoms with E-state index in [1.54, 1.807) is 10.8 Å². The molecule has 5 rings (SSSR count). The van der Waals surface area contributed by atoms with Crippen LogP contribution in [0.25, 0.3) is 28.3 Å². The number of aryl methyl sites for hydroxylation is 1. The van der Waals surface area contributed by atoms with E-state index in [0.29, 0.717) is 6.54 Å².